The predicted octanol–water partition coefficient (Wildman–Crippen LogP) is 2.79. The number of nitrogens with zero attached hydrogens (tertiary/aromatic N) is 3. The van der Waals surface area contributed by atoms with Gasteiger partial charge in [-0.05, 0) is 42.7 Å². The number of aromatic nitrogens is 3. The van der Waals surface area contributed by atoms with Gasteiger partial charge >= 0.3 is 0 Å². The molecule has 1 N–H and O–H groups in total. The average Bonchev–Trinajstić information content (AvgIpc) is 2.79. The van der Waals surface area contributed by atoms with Crippen molar-refractivity contribution in [3.63, 3.8) is 0 Å². The molecule has 1 aliphatic rings. The molecule has 0 radical (unpaired) electrons. The van der Waals surface area contributed by atoms with E-state index in [9.17, 15) is 9.59 Å². The Morgan fingerprint density at radius 1 is 1.23 bits per heavy atom. The lowest BCUT2D eigenvalue weighted by atomic mass is 9.96. The summed E-state index contributed by atoms with van der Waals surface area (Å²) in [5.74, 6) is 1.45. The van der Waals surface area contributed by atoms with Crippen molar-refractivity contribution >= 4 is 5.91 Å². The quantitative estimate of drug-likeness (QED) is 0.706. The molecule has 1 aliphatic heterocycles. The average molecular weight is 404 g/mol. The lowest BCUT2D eigenvalue weighted by Gasteiger charge is -2.32. The molecule has 0 saturated carbocycles. The highest BCUT2D eigenvalue weighted by molar-refractivity contribution is 5.79. The van der Waals surface area contributed by atoms with E-state index in [1.54, 1.807) is 19.5 Å². The molecule has 1 unspecified atom stereocenters. The number of H-pyrrole nitrogens is 1. The summed E-state index contributed by atoms with van der Waals surface area (Å²) in [5.41, 5.74) is 2.20. The molecule has 4 rings (SSSR count). The van der Waals surface area contributed by atoms with Gasteiger partial charge in [0.1, 0.15) is 11.6 Å². The van der Waals surface area contributed by atoms with E-state index in [4.69, 9.17) is 9.72 Å². The van der Waals surface area contributed by atoms with Gasteiger partial charge in [-0.2, -0.15) is 0 Å². The van der Waals surface area contributed by atoms with Crippen molar-refractivity contribution in [2.75, 3.05) is 20.2 Å². The van der Waals surface area contributed by atoms with E-state index in [0.29, 0.717) is 31.0 Å². The Morgan fingerprint density at radius 2 is 2.07 bits per heavy atom. The molecule has 2 aromatic heterocycles. The van der Waals surface area contributed by atoms with Crippen LogP contribution < -0.4 is 10.3 Å². The van der Waals surface area contributed by atoms with Crippen LogP contribution in [0.5, 0.6) is 5.75 Å². The number of aromatic amines is 1. The number of hydrogen-bond acceptors (Lipinski definition) is 5. The summed E-state index contributed by atoms with van der Waals surface area (Å²) in [6, 6.07) is 12.7. The number of carbonyl (C=O) groups excluding carboxylic acids is 1. The Bertz CT molecular complexity index is 1080. The van der Waals surface area contributed by atoms with Crippen LogP contribution in [-0.4, -0.2) is 46.0 Å². The zero-order valence-corrected chi connectivity index (χ0v) is 16.9. The van der Waals surface area contributed by atoms with E-state index in [2.05, 4.69) is 9.97 Å². The molecule has 30 heavy (non-hydrogen) atoms. The first kappa shape index (κ1) is 19.8. The maximum atomic E-state index is 12.9. The normalized spacial score (nSPS) is 16.3. The smallest absolute Gasteiger partial charge is 0.251 e. The highest BCUT2D eigenvalue weighted by Gasteiger charge is 2.26. The van der Waals surface area contributed by atoms with E-state index in [1.807, 2.05) is 41.3 Å². The molecule has 1 fully saturated rings. The van der Waals surface area contributed by atoms with Gasteiger partial charge in [0.25, 0.3) is 5.56 Å². The monoisotopic (exact) mass is 404 g/mol. The van der Waals surface area contributed by atoms with Crippen molar-refractivity contribution in [2.24, 2.45) is 0 Å². The lowest BCUT2D eigenvalue weighted by molar-refractivity contribution is -0.131. The molecule has 1 aromatic carbocycles. The number of piperidine rings is 1. The van der Waals surface area contributed by atoms with Crippen LogP contribution >= 0.6 is 0 Å². The van der Waals surface area contributed by atoms with Crippen LogP contribution in [0.25, 0.3) is 11.3 Å². The first-order valence-corrected chi connectivity index (χ1v) is 10.0. The number of ether oxygens (including phenoxy) is 1. The van der Waals surface area contributed by atoms with Crippen molar-refractivity contribution in [1.82, 2.24) is 19.9 Å². The summed E-state index contributed by atoms with van der Waals surface area (Å²) in [6.45, 7) is 1.26. The highest BCUT2D eigenvalue weighted by Crippen LogP contribution is 2.26. The van der Waals surface area contributed by atoms with Crippen molar-refractivity contribution in [3.05, 3.63) is 76.6 Å². The Kier molecular flexibility index (Phi) is 5.88. The Labute approximate surface area is 174 Å². The number of amides is 1. The van der Waals surface area contributed by atoms with Gasteiger partial charge in [-0.3, -0.25) is 14.6 Å². The minimum Gasteiger partial charge on any atom is -0.497 e. The third-order valence-corrected chi connectivity index (χ3v) is 5.39. The molecule has 7 nitrogen and oxygen atoms in total. The number of methoxy groups -OCH3 is 1. The molecular formula is C23H24N4O3. The first-order valence-electron chi connectivity index (χ1n) is 10.0. The van der Waals surface area contributed by atoms with Gasteiger partial charge in [0, 0.05) is 43.0 Å². The Morgan fingerprint density at radius 3 is 2.87 bits per heavy atom. The third-order valence-electron chi connectivity index (χ3n) is 5.39. The highest BCUT2D eigenvalue weighted by atomic mass is 16.5. The van der Waals surface area contributed by atoms with Crippen LogP contribution in [0, 0.1) is 0 Å². The van der Waals surface area contributed by atoms with Crippen LogP contribution in [0.15, 0.2) is 59.7 Å². The molecule has 154 valence electrons. The van der Waals surface area contributed by atoms with Gasteiger partial charge in [0.15, 0.2) is 0 Å². The largest absolute Gasteiger partial charge is 0.497 e. The van der Waals surface area contributed by atoms with Crippen molar-refractivity contribution < 1.29 is 9.53 Å². The van der Waals surface area contributed by atoms with Crippen LogP contribution in [0.3, 0.4) is 0 Å². The van der Waals surface area contributed by atoms with E-state index in [1.165, 1.54) is 6.07 Å². The summed E-state index contributed by atoms with van der Waals surface area (Å²) in [4.78, 5) is 38.6. The summed E-state index contributed by atoms with van der Waals surface area (Å²) < 4.78 is 5.24. The number of pyridine rings is 1. The summed E-state index contributed by atoms with van der Waals surface area (Å²) in [6.07, 6.45) is 5.43. The van der Waals surface area contributed by atoms with E-state index in [-0.39, 0.29) is 17.4 Å². The topological polar surface area (TPSA) is 88.2 Å². The summed E-state index contributed by atoms with van der Waals surface area (Å²) >= 11 is 0. The SMILES string of the molecule is COc1cccc(CC(=O)N2CCCC(c3nc(-c4ccncc4)cc(=O)[nH]3)C2)c1. The fraction of sp³-hybridized carbons (Fsp3) is 0.304. The van der Waals surface area contributed by atoms with Gasteiger partial charge in [0.2, 0.25) is 5.91 Å². The number of hydrogen-bond donors (Lipinski definition) is 1. The first-order chi connectivity index (χ1) is 14.6. The molecule has 1 saturated heterocycles. The van der Waals surface area contributed by atoms with Crippen LogP contribution in [0.2, 0.25) is 0 Å². The second-order valence-corrected chi connectivity index (χ2v) is 7.46. The maximum absolute atomic E-state index is 12.9. The summed E-state index contributed by atoms with van der Waals surface area (Å²) in [7, 11) is 1.62. The number of nitrogens with one attached hydrogen (secondary N) is 1. The van der Waals surface area contributed by atoms with E-state index in [0.717, 1.165) is 29.7 Å². The zero-order valence-electron chi connectivity index (χ0n) is 16.9. The van der Waals surface area contributed by atoms with E-state index >= 15 is 0 Å². The molecular weight excluding hydrogens is 380 g/mol. The molecule has 3 aromatic rings. The number of rotatable bonds is 5. The molecule has 0 bridgehead atoms. The van der Waals surface area contributed by atoms with Gasteiger partial charge in [-0.25, -0.2) is 4.98 Å². The Balaban J connectivity index is 1.50. The standard InChI is InChI=1S/C23H24N4O3/c1-30-19-6-2-4-16(12-19)13-22(29)27-11-3-5-18(15-27)23-25-20(14-21(28)26-23)17-7-9-24-10-8-17/h2,4,6-10,12,14,18H,3,5,11,13,15H2,1H3,(H,25,26,28). The molecule has 1 amide bonds. The second-order valence-electron chi connectivity index (χ2n) is 7.46. The fourth-order valence-corrected chi connectivity index (χ4v) is 3.84. The third kappa shape index (κ3) is 4.56. The maximum Gasteiger partial charge on any atom is 0.251 e. The van der Waals surface area contributed by atoms with Crippen molar-refractivity contribution in [2.45, 2.75) is 25.2 Å². The van der Waals surface area contributed by atoms with Crippen LogP contribution in [0.1, 0.15) is 30.1 Å². The lowest BCUT2D eigenvalue weighted by Crippen LogP contribution is -2.40. The minimum absolute atomic E-state index is 0.00231. The number of benzene rings is 1. The van der Waals surface area contributed by atoms with Gasteiger partial charge in [-0.1, -0.05) is 12.1 Å². The molecule has 1 atom stereocenters. The predicted molar refractivity (Wildman–Crippen MR) is 113 cm³/mol. The van der Waals surface area contributed by atoms with Gasteiger partial charge < -0.3 is 14.6 Å². The molecule has 0 aliphatic carbocycles. The zero-order chi connectivity index (χ0) is 20.9. The van der Waals surface area contributed by atoms with Crippen LogP contribution in [-0.2, 0) is 11.2 Å². The van der Waals surface area contributed by atoms with Gasteiger partial charge in [-0.15, -0.1) is 0 Å². The molecule has 3 heterocycles. The summed E-state index contributed by atoms with van der Waals surface area (Å²) in [5, 5.41) is 0. The minimum atomic E-state index is -0.188. The molecule has 0 spiro atoms. The second kappa shape index (κ2) is 8.90. The van der Waals surface area contributed by atoms with Crippen molar-refractivity contribution in [3.8, 4) is 17.0 Å². The molecule has 7 heteroatoms. The Hall–Kier alpha value is -3.48. The van der Waals surface area contributed by atoms with Crippen LogP contribution in [0.4, 0.5) is 0 Å². The fourth-order valence-electron chi connectivity index (χ4n) is 3.84. The van der Waals surface area contributed by atoms with E-state index < -0.39 is 0 Å². The number of likely N-dealkylation sites (tertiary alicyclic amines) is 1. The number of carbonyl (C=O) groups is 1. The van der Waals surface area contributed by atoms with Gasteiger partial charge in [0.05, 0.1) is 19.2 Å². The van der Waals surface area contributed by atoms with Crippen molar-refractivity contribution in [1.29, 1.82) is 0 Å².